The molecular formula is C11H20N2O5. The highest BCUT2D eigenvalue weighted by Gasteiger charge is 1.97. The number of hydrogen-bond donors (Lipinski definition) is 2. The molecule has 0 aromatic carbocycles. The molecule has 0 aromatic heterocycles. The third-order valence-electron chi connectivity index (χ3n) is 1.79. The zero-order chi connectivity index (χ0) is 13.5. The molecule has 0 bridgehead atoms. The van der Waals surface area contributed by atoms with Gasteiger partial charge in [0, 0.05) is 6.54 Å². The zero-order valence-corrected chi connectivity index (χ0v) is 10.4. The van der Waals surface area contributed by atoms with Gasteiger partial charge in [-0.3, -0.25) is 4.79 Å². The number of rotatable bonds is 12. The molecule has 18 heavy (non-hydrogen) atoms. The van der Waals surface area contributed by atoms with Gasteiger partial charge in [0.2, 0.25) is 5.91 Å². The second kappa shape index (κ2) is 13.9. The number of nitrogens with one attached hydrogen (secondary N) is 1. The highest BCUT2D eigenvalue weighted by atomic mass is 16.5. The smallest absolute Gasteiger partial charge is 0.234 e. The molecule has 0 atom stereocenters. The number of carbonyl (C=O) groups excluding carboxylic acids is 1. The Kier molecular flexibility index (Phi) is 12.9. The predicted molar refractivity (Wildman–Crippen MR) is 62.8 cm³/mol. The fraction of sp³-hybridized carbons (Fsp3) is 0.818. The Morgan fingerprint density at radius 3 is 2.17 bits per heavy atom. The third-order valence-corrected chi connectivity index (χ3v) is 1.79. The Morgan fingerprint density at radius 2 is 1.61 bits per heavy atom. The van der Waals surface area contributed by atoms with E-state index in [0.29, 0.717) is 46.2 Å². The summed E-state index contributed by atoms with van der Waals surface area (Å²) < 4.78 is 15.4. The first-order valence-corrected chi connectivity index (χ1v) is 5.79. The highest BCUT2D eigenvalue weighted by molar-refractivity contribution is 5.77. The van der Waals surface area contributed by atoms with E-state index in [4.69, 9.17) is 24.6 Å². The van der Waals surface area contributed by atoms with Crippen molar-refractivity contribution >= 4 is 5.91 Å². The Hall–Kier alpha value is -1.20. The quantitative estimate of drug-likeness (QED) is 0.439. The van der Waals surface area contributed by atoms with Crippen molar-refractivity contribution in [3.63, 3.8) is 0 Å². The average Bonchev–Trinajstić information content (AvgIpc) is 2.36. The van der Waals surface area contributed by atoms with Crippen LogP contribution in [0.2, 0.25) is 0 Å². The summed E-state index contributed by atoms with van der Waals surface area (Å²) in [7, 11) is 0. The second-order valence-electron chi connectivity index (χ2n) is 3.25. The van der Waals surface area contributed by atoms with E-state index in [2.05, 4.69) is 5.32 Å². The van der Waals surface area contributed by atoms with Gasteiger partial charge in [0.1, 0.15) is 6.42 Å². The number of hydrogen-bond acceptors (Lipinski definition) is 6. The average molecular weight is 260 g/mol. The normalized spacial score (nSPS) is 10.0. The summed E-state index contributed by atoms with van der Waals surface area (Å²) in [6, 6.07) is 1.76. The van der Waals surface area contributed by atoms with Crippen molar-refractivity contribution in [2.24, 2.45) is 0 Å². The van der Waals surface area contributed by atoms with Crippen LogP contribution in [0.15, 0.2) is 0 Å². The largest absolute Gasteiger partial charge is 0.394 e. The zero-order valence-electron chi connectivity index (χ0n) is 10.4. The van der Waals surface area contributed by atoms with Gasteiger partial charge in [-0.1, -0.05) is 0 Å². The molecule has 7 heteroatoms. The second-order valence-corrected chi connectivity index (χ2v) is 3.25. The molecule has 0 saturated heterocycles. The Bertz CT molecular complexity index is 242. The molecule has 104 valence electrons. The molecule has 7 nitrogen and oxygen atoms in total. The van der Waals surface area contributed by atoms with Crippen LogP contribution in [0.4, 0.5) is 0 Å². The van der Waals surface area contributed by atoms with Crippen LogP contribution >= 0.6 is 0 Å². The molecule has 0 fully saturated rings. The maximum atomic E-state index is 10.9. The van der Waals surface area contributed by atoms with Crippen LogP contribution in [0, 0.1) is 11.3 Å². The lowest BCUT2D eigenvalue weighted by Gasteiger charge is -2.06. The van der Waals surface area contributed by atoms with Gasteiger partial charge in [-0.05, 0) is 0 Å². The molecule has 1 amide bonds. The monoisotopic (exact) mass is 260 g/mol. The lowest BCUT2D eigenvalue weighted by atomic mass is 10.4. The molecule has 0 radical (unpaired) electrons. The van der Waals surface area contributed by atoms with Crippen molar-refractivity contribution < 1.29 is 24.1 Å². The summed E-state index contributed by atoms with van der Waals surface area (Å²) >= 11 is 0. The third kappa shape index (κ3) is 12.9. The van der Waals surface area contributed by atoms with Crippen LogP contribution in [-0.4, -0.2) is 63.8 Å². The first-order valence-electron chi connectivity index (χ1n) is 5.79. The van der Waals surface area contributed by atoms with Gasteiger partial charge in [-0.25, -0.2) is 0 Å². The van der Waals surface area contributed by atoms with Crippen LogP contribution in [0.5, 0.6) is 0 Å². The molecule has 0 aromatic rings. The van der Waals surface area contributed by atoms with Crippen molar-refractivity contribution in [1.29, 1.82) is 5.26 Å². The summed E-state index contributed by atoms with van der Waals surface area (Å²) in [5.74, 6) is -0.293. The van der Waals surface area contributed by atoms with Crippen LogP contribution in [0.25, 0.3) is 0 Å². The van der Waals surface area contributed by atoms with Crippen molar-refractivity contribution in [3.05, 3.63) is 0 Å². The molecule has 0 aliphatic rings. The van der Waals surface area contributed by atoms with Gasteiger partial charge in [-0.15, -0.1) is 0 Å². The number of aliphatic hydroxyl groups is 1. The number of carbonyl (C=O) groups is 1. The first-order chi connectivity index (χ1) is 8.81. The van der Waals surface area contributed by atoms with E-state index >= 15 is 0 Å². The van der Waals surface area contributed by atoms with Crippen LogP contribution in [0.1, 0.15) is 6.42 Å². The Balaban J connectivity index is 3.03. The van der Waals surface area contributed by atoms with E-state index in [1.807, 2.05) is 0 Å². The van der Waals surface area contributed by atoms with Crippen molar-refractivity contribution in [2.75, 3.05) is 52.8 Å². The summed E-state index contributed by atoms with van der Waals surface area (Å²) in [5.41, 5.74) is 0. The number of ether oxygens (including phenoxy) is 3. The molecule has 0 rings (SSSR count). The van der Waals surface area contributed by atoms with E-state index in [0.717, 1.165) is 0 Å². The van der Waals surface area contributed by atoms with Crippen LogP contribution in [0.3, 0.4) is 0 Å². The van der Waals surface area contributed by atoms with E-state index in [1.54, 1.807) is 6.07 Å². The molecule has 0 heterocycles. The number of amides is 1. The molecule has 0 unspecified atom stereocenters. The number of nitriles is 1. The molecule has 2 N–H and O–H groups in total. The van der Waals surface area contributed by atoms with Gasteiger partial charge in [0.05, 0.1) is 52.3 Å². The summed E-state index contributed by atoms with van der Waals surface area (Å²) in [4.78, 5) is 10.9. The minimum atomic E-state index is -0.293. The Labute approximate surface area is 107 Å². The van der Waals surface area contributed by atoms with Gasteiger partial charge < -0.3 is 24.6 Å². The van der Waals surface area contributed by atoms with Gasteiger partial charge in [0.15, 0.2) is 0 Å². The van der Waals surface area contributed by atoms with E-state index in [-0.39, 0.29) is 18.9 Å². The highest BCUT2D eigenvalue weighted by Crippen LogP contribution is 1.81. The molecule has 0 aliphatic carbocycles. The number of aliphatic hydroxyl groups excluding tert-OH is 1. The van der Waals surface area contributed by atoms with Crippen molar-refractivity contribution in [3.8, 4) is 6.07 Å². The number of nitrogens with zero attached hydrogens (tertiary/aromatic N) is 1. The van der Waals surface area contributed by atoms with Crippen molar-refractivity contribution in [2.45, 2.75) is 6.42 Å². The SMILES string of the molecule is N#CCC(=O)NCCOCCOCCOCCO. The summed E-state index contributed by atoms with van der Waals surface area (Å²) in [6.07, 6.45) is -0.128. The Morgan fingerprint density at radius 1 is 1.06 bits per heavy atom. The topological polar surface area (TPSA) is 101 Å². The molecule has 0 spiro atoms. The van der Waals surface area contributed by atoms with E-state index < -0.39 is 0 Å². The molecule has 0 saturated carbocycles. The van der Waals surface area contributed by atoms with E-state index in [9.17, 15) is 4.79 Å². The fourth-order valence-electron chi connectivity index (χ4n) is 1.00. The summed E-state index contributed by atoms with van der Waals surface area (Å²) in [5, 5.41) is 19.2. The predicted octanol–water partition coefficient (Wildman–Crippen LogP) is -0.942. The molecule has 0 aliphatic heterocycles. The maximum Gasteiger partial charge on any atom is 0.234 e. The minimum Gasteiger partial charge on any atom is -0.394 e. The molecular weight excluding hydrogens is 240 g/mol. The minimum absolute atomic E-state index is 0.0145. The van der Waals surface area contributed by atoms with Crippen LogP contribution < -0.4 is 5.32 Å². The van der Waals surface area contributed by atoms with Crippen LogP contribution in [-0.2, 0) is 19.0 Å². The fourth-order valence-corrected chi connectivity index (χ4v) is 1.00. The van der Waals surface area contributed by atoms with Gasteiger partial charge in [0.25, 0.3) is 0 Å². The standard InChI is InChI=1S/C11H20N2O5/c12-2-1-11(15)13-3-5-16-7-9-18-10-8-17-6-4-14/h14H,1,3-10H2,(H,13,15). The summed E-state index contributed by atoms with van der Waals surface area (Å²) in [6.45, 7) is 2.92. The van der Waals surface area contributed by atoms with E-state index in [1.165, 1.54) is 0 Å². The maximum absolute atomic E-state index is 10.9. The lowest BCUT2D eigenvalue weighted by molar-refractivity contribution is -0.120. The first kappa shape index (κ1) is 16.8. The van der Waals surface area contributed by atoms with Crippen molar-refractivity contribution in [1.82, 2.24) is 5.32 Å². The van der Waals surface area contributed by atoms with Gasteiger partial charge >= 0.3 is 0 Å². The van der Waals surface area contributed by atoms with Gasteiger partial charge in [-0.2, -0.15) is 5.26 Å². The lowest BCUT2D eigenvalue weighted by Crippen LogP contribution is -2.27.